The second-order valence-corrected chi connectivity index (χ2v) is 5.62. The van der Waals surface area contributed by atoms with E-state index < -0.39 is 0 Å². The molecule has 1 amide bonds. The van der Waals surface area contributed by atoms with Gasteiger partial charge in [0, 0.05) is 24.4 Å². The fraction of sp³-hybridized carbons (Fsp3) is 0.533. The van der Waals surface area contributed by atoms with Crippen LogP contribution in [0, 0.1) is 6.92 Å². The summed E-state index contributed by atoms with van der Waals surface area (Å²) >= 11 is 0. The Morgan fingerprint density at radius 3 is 2.76 bits per heavy atom. The monoisotopic (exact) mass is 290 g/mol. The number of hydrogen-bond acceptors (Lipinski definition) is 4. The number of carbonyl (C=O) groups excluding carboxylic acids is 1. The Labute approximate surface area is 124 Å². The maximum Gasteiger partial charge on any atom is 0.252 e. The molecule has 0 saturated heterocycles. The highest BCUT2D eigenvalue weighted by Crippen LogP contribution is 2.21. The van der Waals surface area contributed by atoms with Crippen molar-refractivity contribution in [1.29, 1.82) is 0 Å². The van der Waals surface area contributed by atoms with Gasteiger partial charge < -0.3 is 10.4 Å². The smallest absolute Gasteiger partial charge is 0.252 e. The summed E-state index contributed by atoms with van der Waals surface area (Å²) < 4.78 is 1.82. The number of amides is 1. The van der Waals surface area contributed by atoms with Gasteiger partial charge in [0.2, 0.25) is 0 Å². The van der Waals surface area contributed by atoms with E-state index in [1.165, 1.54) is 0 Å². The molecule has 2 rings (SSSR count). The number of pyridine rings is 1. The van der Waals surface area contributed by atoms with E-state index in [0.717, 1.165) is 16.7 Å². The molecule has 0 aliphatic carbocycles. The quantitative estimate of drug-likeness (QED) is 0.880. The van der Waals surface area contributed by atoms with E-state index in [4.69, 9.17) is 5.11 Å². The van der Waals surface area contributed by atoms with E-state index in [9.17, 15) is 4.79 Å². The average molecular weight is 290 g/mol. The number of fused-ring (bicyclic) bond motifs is 1. The number of aliphatic hydroxyl groups is 1. The third-order valence-corrected chi connectivity index (χ3v) is 3.37. The van der Waals surface area contributed by atoms with Crippen LogP contribution < -0.4 is 5.32 Å². The maximum absolute atomic E-state index is 12.4. The Morgan fingerprint density at radius 2 is 2.14 bits per heavy atom. The van der Waals surface area contributed by atoms with E-state index in [2.05, 4.69) is 15.4 Å². The summed E-state index contributed by atoms with van der Waals surface area (Å²) in [4.78, 5) is 16.9. The highest BCUT2D eigenvalue weighted by molar-refractivity contribution is 6.05. The van der Waals surface area contributed by atoms with Gasteiger partial charge in [0.1, 0.15) is 0 Å². The first-order chi connectivity index (χ1) is 9.93. The molecule has 0 bridgehead atoms. The lowest BCUT2D eigenvalue weighted by Gasteiger charge is -2.13. The van der Waals surface area contributed by atoms with Crippen LogP contribution in [0.5, 0.6) is 0 Å². The predicted molar refractivity (Wildman–Crippen MR) is 81.3 cm³/mol. The maximum atomic E-state index is 12.4. The number of aromatic nitrogens is 3. The zero-order chi connectivity index (χ0) is 15.6. The molecule has 0 aromatic carbocycles. The van der Waals surface area contributed by atoms with E-state index in [1.807, 2.05) is 32.4 Å². The van der Waals surface area contributed by atoms with Gasteiger partial charge in [-0.05, 0) is 40.2 Å². The summed E-state index contributed by atoms with van der Waals surface area (Å²) in [5.41, 5.74) is 2.09. The Bertz CT molecular complexity index is 648. The van der Waals surface area contributed by atoms with Crippen LogP contribution in [0.15, 0.2) is 12.3 Å². The molecule has 6 heteroatoms. The standard InChI is InChI=1S/C15H22N4O2/c1-9(2)19-14-13(8-16-19)12(7-11(4)17-14)15(21)18-10(3)5-6-20/h7-10,20H,5-6H2,1-4H3,(H,18,21). The van der Waals surface area contributed by atoms with Gasteiger partial charge in [-0.1, -0.05) is 0 Å². The van der Waals surface area contributed by atoms with Crippen molar-refractivity contribution in [2.24, 2.45) is 0 Å². The molecule has 1 atom stereocenters. The molecule has 0 spiro atoms. The zero-order valence-corrected chi connectivity index (χ0v) is 12.9. The highest BCUT2D eigenvalue weighted by atomic mass is 16.3. The summed E-state index contributed by atoms with van der Waals surface area (Å²) in [6.07, 6.45) is 2.22. The Morgan fingerprint density at radius 1 is 1.43 bits per heavy atom. The SMILES string of the molecule is Cc1cc(C(=O)NC(C)CCO)c2cnn(C(C)C)c2n1. The molecule has 2 aromatic heterocycles. The normalized spacial score (nSPS) is 12.9. The molecular formula is C15H22N4O2. The molecule has 2 aromatic rings. The van der Waals surface area contributed by atoms with Crippen molar-refractivity contribution < 1.29 is 9.90 Å². The fourth-order valence-electron chi connectivity index (χ4n) is 2.28. The number of aryl methyl sites for hydroxylation is 1. The Hall–Kier alpha value is -1.95. The van der Waals surface area contributed by atoms with Crippen LogP contribution in [-0.4, -0.2) is 38.4 Å². The Kier molecular flexibility index (Phi) is 4.57. The van der Waals surface area contributed by atoms with Crippen LogP contribution in [0.1, 0.15) is 49.3 Å². The van der Waals surface area contributed by atoms with Crippen LogP contribution in [0.25, 0.3) is 11.0 Å². The summed E-state index contributed by atoms with van der Waals surface area (Å²) in [5.74, 6) is -0.158. The minimum Gasteiger partial charge on any atom is -0.396 e. The van der Waals surface area contributed by atoms with Gasteiger partial charge in [0.05, 0.1) is 17.1 Å². The van der Waals surface area contributed by atoms with Crippen LogP contribution in [-0.2, 0) is 0 Å². The molecule has 2 heterocycles. The summed E-state index contributed by atoms with van der Waals surface area (Å²) in [7, 11) is 0. The van der Waals surface area contributed by atoms with Crippen molar-refractivity contribution in [2.45, 2.75) is 46.2 Å². The highest BCUT2D eigenvalue weighted by Gasteiger charge is 2.17. The number of rotatable bonds is 5. The molecule has 0 aliphatic heterocycles. The molecular weight excluding hydrogens is 268 g/mol. The summed E-state index contributed by atoms with van der Waals surface area (Å²) in [5, 5.41) is 16.9. The van der Waals surface area contributed by atoms with Crippen molar-refractivity contribution in [1.82, 2.24) is 20.1 Å². The molecule has 0 aliphatic rings. The minimum absolute atomic E-state index is 0.0531. The van der Waals surface area contributed by atoms with Gasteiger partial charge >= 0.3 is 0 Å². The van der Waals surface area contributed by atoms with Crippen LogP contribution >= 0.6 is 0 Å². The van der Waals surface area contributed by atoms with Gasteiger partial charge in [0.25, 0.3) is 5.91 Å². The van der Waals surface area contributed by atoms with Gasteiger partial charge in [-0.3, -0.25) is 4.79 Å². The molecule has 114 valence electrons. The van der Waals surface area contributed by atoms with Gasteiger partial charge in [-0.2, -0.15) is 5.10 Å². The molecule has 0 fully saturated rings. The number of hydrogen-bond donors (Lipinski definition) is 2. The molecule has 1 unspecified atom stereocenters. The van der Waals surface area contributed by atoms with E-state index in [-0.39, 0.29) is 24.6 Å². The van der Waals surface area contributed by atoms with Gasteiger partial charge in [0.15, 0.2) is 5.65 Å². The largest absolute Gasteiger partial charge is 0.396 e. The van der Waals surface area contributed by atoms with Crippen LogP contribution in [0.2, 0.25) is 0 Å². The number of carbonyl (C=O) groups is 1. The van der Waals surface area contributed by atoms with Crippen molar-refractivity contribution in [3.8, 4) is 0 Å². The van der Waals surface area contributed by atoms with Gasteiger partial charge in [-0.25, -0.2) is 9.67 Å². The zero-order valence-electron chi connectivity index (χ0n) is 12.9. The average Bonchev–Trinajstić information content (AvgIpc) is 2.81. The van der Waals surface area contributed by atoms with Crippen molar-refractivity contribution in [3.63, 3.8) is 0 Å². The van der Waals surface area contributed by atoms with Crippen molar-refractivity contribution in [3.05, 3.63) is 23.5 Å². The fourth-order valence-corrected chi connectivity index (χ4v) is 2.28. The lowest BCUT2D eigenvalue weighted by molar-refractivity contribution is 0.0936. The minimum atomic E-state index is -0.158. The second kappa shape index (κ2) is 6.22. The molecule has 0 saturated carbocycles. The first-order valence-electron chi connectivity index (χ1n) is 7.20. The topological polar surface area (TPSA) is 80.0 Å². The van der Waals surface area contributed by atoms with Crippen LogP contribution in [0.3, 0.4) is 0 Å². The number of aliphatic hydroxyl groups excluding tert-OH is 1. The van der Waals surface area contributed by atoms with Crippen LogP contribution in [0.4, 0.5) is 0 Å². The molecule has 0 radical (unpaired) electrons. The first-order valence-corrected chi connectivity index (χ1v) is 7.20. The van der Waals surface area contributed by atoms with Crippen molar-refractivity contribution in [2.75, 3.05) is 6.61 Å². The predicted octanol–water partition coefficient (Wildman–Crippen LogP) is 1.82. The van der Waals surface area contributed by atoms with E-state index >= 15 is 0 Å². The lowest BCUT2D eigenvalue weighted by atomic mass is 10.1. The van der Waals surface area contributed by atoms with Crippen molar-refractivity contribution >= 4 is 16.9 Å². The summed E-state index contributed by atoms with van der Waals surface area (Å²) in [6.45, 7) is 7.85. The number of nitrogens with zero attached hydrogens (tertiary/aromatic N) is 3. The number of nitrogens with one attached hydrogen (secondary N) is 1. The molecule has 2 N–H and O–H groups in total. The molecule has 6 nitrogen and oxygen atoms in total. The van der Waals surface area contributed by atoms with E-state index in [1.54, 1.807) is 12.3 Å². The Balaban J connectivity index is 2.42. The third kappa shape index (κ3) is 3.21. The molecule has 21 heavy (non-hydrogen) atoms. The lowest BCUT2D eigenvalue weighted by Crippen LogP contribution is -2.33. The second-order valence-electron chi connectivity index (χ2n) is 5.62. The van der Waals surface area contributed by atoms with E-state index in [0.29, 0.717) is 12.0 Å². The third-order valence-electron chi connectivity index (χ3n) is 3.37. The first kappa shape index (κ1) is 15.4. The summed E-state index contributed by atoms with van der Waals surface area (Å²) in [6, 6.07) is 1.88. The van der Waals surface area contributed by atoms with Gasteiger partial charge in [-0.15, -0.1) is 0 Å².